The van der Waals surface area contributed by atoms with Gasteiger partial charge in [-0.15, -0.1) is 0 Å². The Labute approximate surface area is 217 Å². The van der Waals surface area contributed by atoms with Gasteiger partial charge in [-0.1, -0.05) is 11.6 Å². The predicted octanol–water partition coefficient (Wildman–Crippen LogP) is 4.94. The topological polar surface area (TPSA) is 168 Å². The summed E-state index contributed by atoms with van der Waals surface area (Å²) >= 11 is 5.83. The van der Waals surface area contributed by atoms with Crippen LogP contribution in [0.5, 0.6) is 11.5 Å². The first-order valence-electron chi connectivity index (χ1n) is 10.1. The van der Waals surface area contributed by atoms with E-state index in [1.807, 2.05) is 0 Å². The molecule has 0 aromatic heterocycles. The Bertz CT molecular complexity index is 1510. The van der Waals surface area contributed by atoms with Gasteiger partial charge in [-0.05, 0) is 48.5 Å². The zero-order valence-corrected chi connectivity index (χ0v) is 20.3. The number of hydrogen-bond donors (Lipinski definition) is 2. The third kappa shape index (κ3) is 6.89. The van der Waals surface area contributed by atoms with Crippen molar-refractivity contribution >= 4 is 44.8 Å². The Morgan fingerprint density at radius 2 is 1.71 bits per heavy atom. The molecule has 3 aromatic rings. The molecular formula is C22H15ClF3N3O8S. The molecule has 0 heterocycles. The standard InChI is InChI=1S/C22H15ClF3N3O8S/c23-17-9-12(22(24,25)26)1-8-19(17)37-14-4-7-18(29(32)33)16(10-14)20(30)28-21(31)36-11-38(34,35)15-5-2-13(27)3-6-15/h1-10H,11,27H2,(H,28,30,31). The zero-order valence-electron chi connectivity index (χ0n) is 18.7. The summed E-state index contributed by atoms with van der Waals surface area (Å²) < 4.78 is 72.9. The van der Waals surface area contributed by atoms with E-state index in [-0.39, 0.29) is 16.4 Å². The van der Waals surface area contributed by atoms with E-state index in [1.165, 1.54) is 24.3 Å². The number of sulfone groups is 1. The number of alkyl carbamates (subject to hydrolysis) is 1. The van der Waals surface area contributed by atoms with Gasteiger partial charge in [0.05, 0.1) is 20.4 Å². The molecule has 200 valence electrons. The molecule has 0 saturated carbocycles. The van der Waals surface area contributed by atoms with E-state index in [1.54, 1.807) is 5.32 Å². The summed E-state index contributed by atoms with van der Waals surface area (Å²) in [5, 5.41) is 12.6. The fraction of sp³-hybridized carbons (Fsp3) is 0.0909. The van der Waals surface area contributed by atoms with Crippen LogP contribution in [0.3, 0.4) is 0 Å². The van der Waals surface area contributed by atoms with Crippen LogP contribution >= 0.6 is 11.6 Å². The van der Waals surface area contributed by atoms with Crippen LogP contribution in [0.4, 0.5) is 29.3 Å². The average molecular weight is 574 g/mol. The quantitative estimate of drug-likeness (QED) is 0.226. The van der Waals surface area contributed by atoms with Gasteiger partial charge in [-0.25, -0.2) is 13.2 Å². The van der Waals surface area contributed by atoms with Crippen molar-refractivity contribution in [2.45, 2.75) is 11.1 Å². The molecule has 0 bridgehead atoms. The third-order valence-electron chi connectivity index (χ3n) is 4.70. The van der Waals surface area contributed by atoms with Crippen molar-refractivity contribution in [1.29, 1.82) is 0 Å². The lowest BCUT2D eigenvalue weighted by Crippen LogP contribution is -2.32. The van der Waals surface area contributed by atoms with Crippen LogP contribution in [-0.2, 0) is 20.8 Å². The number of imide groups is 1. The van der Waals surface area contributed by atoms with Gasteiger partial charge in [-0.3, -0.25) is 20.2 Å². The molecule has 3 N–H and O–H groups in total. The highest BCUT2D eigenvalue weighted by atomic mass is 35.5. The first-order valence-corrected chi connectivity index (χ1v) is 12.1. The molecule has 0 aliphatic heterocycles. The van der Waals surface area contributed by atoms with E-state index < -0.39 is 60.7 Å². The number of amides is 2. The number of nitrogens with zero attached hydrogens (tertiary/aromatic N) is 1. The Hall–Kier alpha value is -4.37. The summed E-state index contributed by atoms with van der Waals surface area (Å²) in [6.45, 7) is 0. The second-order valence-corrected chi connectivity index (χ2v) is 9.71. The minimum Gasteiger partial charge on any atom is -0.456 e. The molecule has 0 aliphatic rings. The number of nitro groups is 1. The number of ether oxygens (including phenoxy) is 2. The van der Waals surface area contributed by atoms with Crippen molar-refractivity contribution in [2.75, 3.05) is 11.7 Å². The molecule has 0 radical (unpaired) electrons. The predicted molar refractivity (Wildman–Crippen MR) is 126 cm³/mol. The molecule has 11 nitrogen and oxygen atoms in total. The number of halogens is 4. The van der Waals surface area contributed by atoms with E-state index in [0.717, 1.165) is 24.3 Å². The Kier molecular flexibility index (Phi) is 8.12. The molecule has 3 aromatic carbocycles. The maximum atomic E-state index is 12.8. The fourth-order valence-corrected chi connectivity index (χ4v) is 4.05. The van der Waals surface area contributed by atoms with Crippen molar-refractivity contribution < 1.29 is 45.6 Å². The molecule has 0 fully saturated rings. The largest absolute Gasteiger partial charge is 0.456 e. The number of nitrogen functional groups attached to an aromatic ring is 1. The van der Waals surface area contributed by atoms with E-state index in [4.69, 9.17) is 22.1 Å². The number of nitro benzene ring substituents is 1. The second kappa shape index (κ2) is 10.9. The van der Waals surface area contributed by atoms with Crippen molar-refractivity contribution in [3.63, 3.8) is 0 Å². The SMILES string of the molecule is Nc1ccc(S(=O)(=O)COC(=O)NC(=O)c2cc(Oc3ccc(C(F)(F)F)cc3Cl)ccc2[N+](=O)[O-])cc1. The van der Waals surface area contributed by atoms with Gasteiger partial charge in [0.2, 0.25) is 9.84 Å². The number of nitrogens with two attached hydrogens (primary N) is 1. The Morgan fingerprint density at radius 1 is 1.05 bits per heavy atom. The van der Waals surface area contributed by atoms with Crippen LogP contribution in [0.25, 0.3) is 0 Å². The molecule has 0 saturated heterocycles. The number of carbonyl (C=O) groups excluding carboxylic acids is 2. The Balaban J connectivity index is 1.76. The normalized spacial score (nSPS) is 11.5. The number of rotatable bonds is 7. The molecular weight excluding hydrogens is 559 g/mol. The van der Waals surface area contributed by atoms with Crippen molar-refractivity contribution in [3.05, 3.63) is 86.9 Å². The summed E-state index contributed by atoms with van der Waals surface area (Å²) in [6.07, 6.45) is -6.19. The molecule has 0 spiro atoms. The number of hydrogen-bond acceptors (Lipinski definition) is 9. The zero-order chi connectivity index (χ0) is 28.3. The molecule has 0 aliphatic carbocycles. The van der Waals surface area contributed by atoms with E-state index in [0.29, 0.717) is 17.8 Å². The van der Waals surface area contributed by atoms with Crippen LogP contribution in [0.15, 0.2) is 65.6 Å². The number of benzene rings is 3. The molecule has 16 heteroatoms. The fourth-order valence-electron chi connectivity index (χ4n) is 2.88. The van der Waals surface area contributed by atoms with Crippen LogP contribution in [0.1, 0.15) is 15.9 Å². The number of alkyl halides is 3. The lowest BCUT2D eigenvalue weighted by Gasteiger charge is -2.12. The summed E-state index contributed by atoms with van der Waals surface area (Å²) in [6, 6.07) is 9.89. The number of carbonyl (C=O) groups is 2. The first-order chi connectivity index (χ1) is 17.7. The molecule has 38 heavy (non-hydrogen) atoms. The van der Waals surface area contributed by atoms with Gasteiger partial charge < -0.3 is 15.2 Å². The van der Waals surface area contributed by atoms with Crippen molar-refractivity contribution in [3.8, 4) is 11.5 Å². The van der Waals surface area contributed by atoms with Gasteiger partial charge in [0, 0.05) is 17.8 Å². The maximum Gasteiger partial charge on any atom is 0.416 e. The summed E-state index contributed by atoms with van der Waals surface area (Å²) in [4.78, 5) is 34.8. The summed E-state index contributed by atoms with van der Waals surface area (Å²) in [5.41, 5.74) is 3.27. The summed E-state index contributed by atoms with van der Waals surface area (Å²) in [5.74, 6) is -3.02. The van der Waals surface area contributed by atoms with Crippen molar-refractivity contribution in [2.24, 2.45) is 0 Å². The first kappa shape index (κ1) is 28.2. The highest BCUT2D eigenvalue weighted by Gasteiger charge is 2.31. The monoisotopic (exact) mass is 573 g/mol. The van der Waals surface area contributed by atoms with Gasteiger partial charge in [0.1, 0.15) is 17.1 Å². The lowest BCUT2D eigenvalue weighted by molar-refractivity contribution is -0.385. The van der Waals surface area contributed by atoms with Crippen LogP contribution in [0, 0.1) is 10.1 Å². The number of nitrogens with one attached hydrogen (secondary N) is 1. The minimum absolute atomic E-state index is 0.215. The molecule has 2 amide bonds. The summed E-state index contributed by atoms with van der Waals surface area (Å²) in [7, 11) is -4.11. The molecule has 0 unspecified atom stereocenters. The maximum absolute atomic E-state index is 12.8. The van der Waals surface area contributed by atoms with E-state index in [2.05, 4.69) is 4.74 Å². The van der Waals surface area contributed by atoms with Gasteiger partial charge >= 0.3 is 12.3 Å². The van der Waals surface area contributed by atoms with E-state index in [9.17, 15) is 41.3 Å². The highest BCUT2D eigenvalue weighted by molar-refractivity contribution is 7.91. The van der Waals surface area contributed by atoms with Crippen LogP contribution in [0.2, 0.25) is 5.02 Å². The van der Waals surface area contributed by atoms with E-state index >= 15 is 0 Å². The second-order valence-electron chi connectivity index (χ2n) is 7.37. The van der Waals surface area contributed by atoms with Crippen LogP contribution < -0.4 is 15.8 Å². The Morgan fingerprint density at radius 3 is 2.29 bits per heavy atom. The molecule has 3 rings (SSSR count). The van der Waals surface area contributed by atoms with Crippen molar-refractivity contribution in [1.82, 2.24) is 5.32 Å². The van der Waals surface area contributed by atoms with Gasteiger partial charge in [-0.2, -0.15) is 13.2 Å². The minimum atomic E-state index is -4.66. The number of anilines is 1. The molecule has 0 atom stereocenters. The van der Waals surface area contributed by atoms with Gasteiger partial charge in [0.25, 0.3) is 11.6 Å². The third-order valence-corrected chi connectivity index (χ3v) is 6.41. The average Bonchev–Trinajstić information content (AvgIpc) is 2.83. The smallest absolute Gasteiger partial charge is 0.416 e. The highest BCUT2D eigenvalue weighted by Crippen LogP contribution is 2.37. The van der Waals surface area contributed by atoms with Crippen LogP contribution in [-0.4, -0.2) is 31.3 Å². The van der Waals surface area contributed by atoms with Gasteiger partial charge in [0.15, 0.2) is 5.94 Å². The lowest BCUT2D eigenvalue weighted by atomic mass is 10.1.